The van der Waals surface area contributed by atoms with Gasteiger partial charge in [-0.15, -0.1) is 11.3 Å². The summed E-state index contributed by atoms with van der Waals surface area (Å²) in [6.07, 6.45) is 3.97. The summed E-state index contributed by atoms with van der Waals surface area (Å²) in [5.41, 5.74) is 9.35. The second-order valence-corrected chi connectivity index (χ2v) is 6.03. The number of aromatic nitrogens is 2. The van der Waals surface area contributed by atoms with Crippen molar-refractivity contribution in [2.24, 2.45) is 5.73 Å². The summed E-state index contributed by atoms with van der Waals surface area (Å²) >= 11 is 1.79. The molecule has 1 aromatic carbocycles. The first kappa shape index (κ1) is 12.6. The summed E-state index contributed by atoms with van der Waals surface area (Å²) < 4.78 is 3.53. The quantitative estimate of drug-likeness (QED) is 0.625. The van der Waals surface area contributed by atoms with Crippen LogP contribution in [0.1, 0.15) is 11.1 Å². The van der Waals surface area contributed by atoms with Crippen LogP contribution in [0.4, 0.5) is 0 Å². The van der Waals surface area contributed by atoms with E-state index in [0.717, 1.165) is 23.1 Å². The van der Waals surface area contributed by atoms with E-state index in [4.69, 9.17) is 5.73 Å². The van der Waals surface area contributed by atoms with Gasteiger partial charge >= 0.3 is 0 Å². The van der Waals surface area contributed by atoms with Gasteiger partial charge in [0, 0.05) is 29.0 Å². The summed E-state index contributed by atoms with van der Waals surface area (Å²) in [7, 11) is 0. The van der Waals surface area contributed by atoms with Gasteiger partial charge in [0.2, 0.25) is 0 Å². The van der Waals surface area contributed by atoms with Gasteiger partial charge in [-0.05, 0) is 40.1 Å². The van der Waals surface area contributed by atoms with E-state index in [1.807, 2.05) is 12.3 Å². The highest BCUT2D eigenvalue weighted by Gasteiger charge is 2.10. The molecule has 0 saturated heterocycles. The Labute approximate surface area is 126 Å². The first-order chi connectivity index (χ1) is 10.4. The van der Waals surface area contributed by atoms with Crippen LogP contribution in [0.2, 0.25) is 0 Å². The third-order valence-corrected chi connectivity index (χ3v) is 4.85. The number of hydrogen-bond donors (Lipinski definition) is 1. The molecule has 4 heteroatoms. The lowest BCUT2D eigenvalue weighted by Crippen LogP contribution is -1.98. The third-order valence-electron chi connectivity index (χ3n) is 3.84. The summed E-state index contributed by atoms with van der Waals surface area (Å²) in [5.74, 6) is 0. The molecule has 0 aliphatic rings. The zero-order chi connectivity index (χ0) is 14.2. The van der Waals surface area contributed by atoms with Crippen molar-refractivity contribution in [3.63, 3.8) is 0 Å². The maximum absolute atomic E-state index is 5.85. The Balaban J connectivity index is 1.84. The molecule has 0 radical (unpaired) electrons. The lowest BCUT2D eigenvalue weighted by atomic mass is 10.2. The summed E-state index contributed by atoms with van der Waals surface area (Å²) in [6.45, 7) is 1.37. The van der Waals surface area contributed by atoms with Gasteiger partial charge in [-0.3, -0.25) is 0 Å². The molecule has 0 fully saturated rings. The van der Waals surface area contributed by atoms with Crippen LogP contribution >= 0.6 is 11.3 Å². The molecule has 0 aliphatic heterocycles. The number of pyridine rings is 1. The van der Waals surface area contributed by atoms with Crippen molar-refractivity contribution in [1.29, 1.82) is 0 Å². The second kappa shape index (κ2) is 4.98. The van der Waals surface area contributed by atoms with Crippen LogP contribution in [0.3, 0.4) is 0 Å². The minimum atomic E-state index is 0.541. The molecular weight excluding hydrogens is 278 g/mol. The van der Waals surface area contributed by atoms with Crippen molar-refractivity contribution in [2.45, 2.75) is 13.1 Å². The highest BCUT2D eigenvalue weighted by Crippen LogP contribution is 2.28. The van der Waals surface area contributed by atoms with Crippen LogP contribution in [0.15, 0.2) is 54.2 Å². The molecule has 0 spiro atoms. The van der Waals surface area contributed by atoms with Gasteiger partial charge in [-0.1, -0.05) is 18.2 Å². The van der Waals surface area contributed by atoms with Crippen LogP contribution in [-0.2, 0) is 13.1 Å². The number of thiophene rings is 1. The van der Waals surface area contributed by atoms with Crippen molar-refractivity contribution in [1.82, 2.24) is 9.55 Å². The molecule has 0 bridgehead atoms. The minimum absolute atomic E-state index is 0.541. The van der Waals surface area contributed by atoms with Crippen LogP contribution < -0.4 is 5.73 Å². The van der Waals surface area contributed by atoms with Gasteiger partial charge in [0.15, 0.2) is 0 Å². The van der Waals surface area contributed by atoms with Gasteiger partial charge in [-0.25, -0.2) is 4.98 Å². The molecule has 0 unspecified atom stereocenters. The Morgan fingerprint density at radius 1 is 1.05 bits per heavy atom. The summed E-state index contributed by atoms with van der Waals surface area (Å²) in [4.78, 5) is 4.52. The average Bonchev–Trinajstić information content (AvgIpc) is 3.10. The number of fused-ring (bicyclic) bond motifs is 2. The summed E-state index contributed by atoms with van der Waals surface area (Å²) in [5, 5.41) is 4.72. The van der Waals surface area contributed by atoms with E-state index < -0.39 is 0 Å². The Hall–Kier alpha value is -2.17. The summed E-state index contributed by atoms with van der Waals surface area (Å²) in [6, 6.07) is 12.6. The van der Waals surface area contributed by atoms with Crippen molar-refractivity contribution in [3.05, 3.63) is 65.3 Å². The van der Waals surface area contributed by atoms with Gasteiger partial charge in [0.25, 0.3) is 0 Å². The Kier molecular flexibility index (Phi) is 2.98. The largest absolute Gasteiger partial charge is 0.328 e. The van der Waals surface area contributed by atoms with Crippen LogP contribution in [0.5, 0.6) is 0 Å². The lowest BCUT2D eigenvalue weighted by molar-refractivity contribution is 0.827. The van der Waals surface area contributed by atoms with Crippen molar-refractivity contribution < 1.29 is 0 Å². The molecule has 2 N–H and O–H groups in total. The maximum Gasteiger partial charge on any atom is 0.140 e. The van der Waals surface area contributed by atoms with Crippen LogP contribution in [-0.4, -0.2) is 9.55 Å². The van der Waals surface area contributed by atoms with E-state index in [1.165, 1.54) is 15.6 Å². The van der Waals surface area contributed by atoms with Crippen molar-refractivity contribution in [2.75, 3.05) is 0 Å². The van der Waals surface area contributed by atoms with Crippen molar-refractivity contribution in [3.8, 4) is 0 Å². The molecule has 3 nitrogen and oxygen atoms in total. The van der Waals surface area contributed by atoms with Gasteiger partial charge in [-0.2, -0.15) is 0 Å². The number of hydrogen-bond acceptors (Lipinski definition) is 3. The fraction of sp³-hybridized carbons (Fsp3) is 0.118. The molecule has 3 aromatic heterocycles. The zero-order valence-electron chi connectivity index (χ0n) is 11.5. The first-order valence-electron chi connectivity index (χ1n) is 6.95. The number of nitrogens with zero attached hydrogens (tertiary/aromatic N) is 2. The number of nitrogens with two attached hydrogens (primary N) is 1. The van der Waals surface area contributed by atoms with E-state index in [0.29, 0.717) is 6.54 Å². The molecule has 3 heterocycles. The standard InChI is InChI=1S/C17H15N3S/c18-8-12-9-20(17-15(12)5-3-7-19-17)10-13-11-21-16-6-2-1-4-14(13)16/h1-7,9,11H,8,10,18H2. The monoisotopic (exact) mass is 293 g/mol. The average molecular weight is 293 g/mol. The molecule has 0 aliphatic carbocycles. The normalized spacial score (nSPS) is 11.5. The Morgan fingerprint density at radius 2 is 1.90 bits per heavy atom. The maximum atomic E-state index is 5.85. The fourth-order valence-corrected chi connectivity index (χ4v) is 3.77. The predicted molar refractivity (Wildman–Crippen MR) is 88.6 cm³/mol. The Bertz CT molecular complexity index is 920. The molecule has 0 amide bonds. The van der Waals surface area contributed by atoms with Crippen LogP contribution in [0, 0.1) is 0 Å². The van der Waals surface area contributed by atoms with Gasteiger partial charge in [0.05, 0.1) is 6.54 Å². The SMILES string of the molecule is NCc1cn(Cc2csc3ccccc23)c2ncccc12. The fourth-order valence-electron chi connectivity index (χ4n) is 2.82. The smallest absolute Gasteiger partial charge is 0.140 e. The lowest BCUT2D eigenvalue weighted by Gasteiger charge is -2.03. The molecule has 104 valence electrons. The third kappa shape index (κ3) is 2.04. The molecule has 0 saturated carbocycles. The van der Waals surface area contributed by atoms with Gasteiger partial charge < -0.3 is 10.3 Å². The number of rotatable bonds is 3. The van der Waals surface area contributed by atoms with E-state index in [1.54, 1.807) is 11.3 Å². The molecule has 4 rings (SSSR count). The zero-order valence-corrected chi connectivity index (χ0v) is 12.3. The predicted octanol–water partition coefficient (Wildman–Crippen LogP) is 3.76. The molecule has 21 heavy (non-hydrogen) atoms. The van der Waals surface area contributed by atoms with Crippen LogP contribution in [0.25, 0.3) is 21.1 Å². The minimum Gasteiger partial charge on any atom is -0.328 e. The number of benzene rings is 1. The van der Waals surface area contributed by atoms with E-state index in [-0.39, 0.29) is 0 Å². The highest BCUT2D eigenvalue weighted by atomic mass is 32.1. The highest BCUT2D eigenvalue weighted by molar-refractivity contribution is 7.17. The first-order valence-corrected chi connectivity index (χ1v) is 7.82. The van der Waals surface area contributed by atoms with E-state index in [2.05, 4.69) is 51.5 Å². The second-order valence-electron chi connectivity index (χ2n) is 5.12. The molecular formula is C17H15N3S. The van der Waals surface area contributed by atoms with Crippen molar-refractivity contribution >= 4 is 32.5 Å². The Morgan fingerprint density at radius 3 is 2.81 bits per heavy atom. The van der Waals surface area contributed by atoms with E-state index >= 15 is 0 Å². The topological polar surface area (TPSA) is 43.8 Å². The molecule has 0 atom stereocenters. The van der Waals surface area contributed by atoms with E-state index in [9.17, 15) is 0 Å². The van der Waals surface area contributed by atoms with Gasteiger partial charge in [0.1, 0.15) is 5.65 Å². The molecule has 4 aromatic rings.